The monoisotopic (exact) mass is 516 g/mol. The van der Waals surface area contributed by atoms with E-state index in [9.17, 15) is 19.8 Å². The summed E-state index contributed by atoms with van der Waals surface area (Å²) in [5.74, 6) is -0.756. The number of fused-ring (bicyclic) bond motifs is 1. The van der Waals surface area contributed by atoms with E-state index in [4.69, 9.17) is 0 Å². The number of aliphatic hydroxyl groups excluding tert-OH is 2. The van der Waals surface area contributed by atoms with Gasteiger partial charge in [-0.1, -0.05) is 61.9 Å². The quantitative estimate of drug-likeness (QED) is 0.345. The van der Waals surface area contributed by atoms with E-state index in [0.717, 1.165) is 16.5 Å². The average Bonchev–Trinajstić information content (AvgIpc) is 3.43. The van der Waals surface area contributed by atoms with Crippen LogP contribution >= 0.6 is 0 Å². The van der Waals surface area contributed by atoms with Gasteiger partial charge in [-0.05, 0) is 62.1 Å². The molecule has 5 rings (SSSR count). The van der Waals surface area contributed by atoms with E-state index in [-0.39, 0.29) is 54.2 Å². The number of ketones is 1. The Morgan fingerprint density at radius 2 is 1.82 bits per heavy atom. The van der Waals surface area contributed by atoms with Crippen LogP contribution in [0.1, 0.15) is 52.5 Å². The highest BCUT2D eigenvalue weighted by molar-refractivity contribution is 6.09. The molecule has 6 nitrogen and oxygen atoms in total. The van der Waals surface area contributed by atoms with Crippen molar-refractivity contribution in [2.75, 3.05) is 0 Å². The number of allylic oxidation sites excluding steroid dienone is 5. The Morgan fingerprint density at radius 3 is 2.61 bits per heavy atom. The van der Waals surface area contributed by atoms with Crippen LogP contribution in [0.15, 0.2) is 65.9 Å². The normalized spacial score (nSPS) is 38.5. The first-order valence-electron chi connectivity index (χ1n) is 13.9. The molecule has 1 aromatic carbocycles. The number of hydrogen-bond donors (Lipinski definition) is 4. The highest BCUT2D eigenvalue weighted by atomic mass is 16.3. The first-order valence-corrected chi connectivity index (χ1v) is 13.9. The molecule has 202 valence electrons. The summed E-state index contributed by atoms with van der Waals surface area (Å²) in [6.07, 6.45) is 9.64. The van der Waals surface area contributed by atoms with Crippen LogP contribution in [0.2, 0.25) is 0 Å². The fourth-order valence-electron chi connectivity index (χ4n) is 7.24. The zero-order chi connectivity index (χ0) is 27.2. The molecule has 2 heterocycles. The fourth-order valence-corrected chi connectivity index (χ4v) is 7.24. The number of amides is 1. The zero-order valence-electron chi connectivity index (χ0n) is 22.8. The summed E-state index contributed by atoms with van der Waals surface area (Å²) in [5, 5.41) is 25.8. The van der Waals surface area contributed by atoms with Crippen molar-refractivity contribution in [3.05, 3.63) is 71.5 Å². The predicted molar refractivity (Wildman–Crippen MR) is 149 cm³/mol. The van der Waals surface area contributed by atoms with Crippen molar-refractivity contribution in [3.63, 3.8) is 0 Å². The summed E-state index contributed by atoms with van der Waals surface area (Å²) in [7, 11) is 0. The van der Waals surface area contributed by atoms with E-state index in [1.165, 1.54) is 5.57 Å². The van der Waals surface area contributed by atoms with Crippen LogP contribution in [0.4, 0.5) is 0 Å². The highest BCUT2D eigenvalue weighted by Crippen LogP contribution is 2.55. The molecule has 8 atom stereocenters. The van der Waals surface area contributed by atoms with Gasteiger partial charge in [0.1, 0.15) is 17.3 Å². The van der Waals surface area contributed by atoms with Crippen LogP contribution in [-0.4, -0.2) is 45.1 Å². The number of aliphatic hydroxyl groups is 2. The Labute approximate surface area is 224 Å². The lowest BCUT2D eigenvalue weighted by Crippen LogP contribution is -2.52. The van der Waals surface area contributed by atoms with Crippen LogP contribution < -0.4 is 5.32 Å². The molecule has 0 unspecified atom stereocenters. The number of aromatic nitrogens is 1. The molecule has 2 aromatic rings. The Balaban J connectivity index is 1.57. The van der Waals surface area contributed by atoms with Gasteiger partial charge in [0.25, 0.3) is 0 Å². The van der Waals surface area contributed by atoms with Gasteiger partial charge in [-0.15, -0.1) is 0 Å². The van der Waals surface area contributed by atoms with Crippen molar-refractivity contribution in [3.8, 4) is 0 Å². The van der Waals surface area contributed by atoms with E-state index in [0.29, 0.717) is 18.4 Å². The van der Waals surface area contributed by atoms with Crippen molar-refractivity contribution in [2.45, 2.75) is 71.6 Å². The molecule has 0 bridgehead atoms. The van der Waals surface area contributed by atoms with Gasteiger partial charge in [0, 0.05) is 41.4 Å². The smallest absolute Gasteiger partial charge is 0.235 e. The van der Waals surface area contributed by atoms with Crippen molar-refractivity contribution in [2.24, 2.45) is 29.1 Å². The van der Waals surface area contributed by atoms with Gasteiger partial charge in [-0.3, -0.25) is 9.59 Å². The summed E-state index contributed by atoms with van der Waals surface area (Å²) in [4.78, 5) is 31.6. The Morgan fingerprint density at radius 1 is 1.05 bits per heavy atom. The molecule has 1 spiro atoms. The average molecular weight is 517 g/mol. The SMILES string of the molecule is CC1=C[C@@H]2/C=C/C[C@H](C)/C=C(\C)[C@@H](O)[C@@H](O)CCC(=O)[C@]23C(=O)N[C@@H](Cc2c[nH]c4ccccc24)[C@@H]3[C@@H]1C. The molecule has 1 aromatic heterocycles. The lowest BCUT2D eigenvalue weighted by Gasteiger charge is -2.44. The van der Waals surface area contributed by atoms with Gasteiger partial charge in [-0.25, -0.2) is 0 Å². The van der Waals surface area contributed by atoms with Crippen molar-refractivity contribution in [1.29, 1.82) is 0 Å². The van der Waals surface area contributed by atoms with Crippen molar-refractivity contribution >= 4 is 22.6 Å². The van der Waals surface area contributed by atoms with E-state index >= 15 is 0 Å². The van der Waals surface area contributed by atoms with Crippen LogP contribution in [0.25, 0.3) is 10.9 Å². The maximum Gasteiger partial charge on any atom is 0.235 e. The summed E-state index contributed by atoms with van der Waals surface area (Å²) in [5.41, 5.74) is 2.84. The van der Waals surface area contributed by atoms with E-state index in [1.54, 1.807) is 0 Å². The third kappa shape index (κ3) is 4.38. The molecule has 2 aliphatic carbocycles. The second kappa shape index (κ2) is 10.3. The Bertz CT molecular complexity index is 1320. The number of hydrogen-bond acceptors (Lipinski definition) is 4. The number of rotatable bonds is 2. The van der Waals surface area contributed by atoms with Gasteiger partial charge >= 0.3 is 0 Å². The van der Waals surface area contributed by atoms with Gasteiger partial charge in [0.05, 0.1) is 6.10 Å². The largest absolute Gasteiger partial charge is 0.390 e. The molecule has 4 N–H and O–H groups in total. The van der Waals surface area contributed by atoms with Gasteiger partial charge in [0.2, 0.25) is 5.91 Å². The number of H-pyrrole nitrogens is 1. The lowest BCUT2D eigenvalue weighted by molar-refractivity contribution is -0.145. The first kappa shape index (κ1) is 26.6. The summed E-state index contributed by atoms with van der Waals surface area (Å²) in [6, 6.07) is 7.94. The fraction of sp³-hybridized carbons (Fsp3) is 0.500. The van der Waals surface area contributed by atoms with Crippen molar-refractivity contribution in [1.82, 2.24) is 10.3 Å². The number of carbonyl (C=O) groups is 2. The minimum atomic E-state index is -1.24. The van der Waals surface area contributed by atoms with E-state index in [2.05, 4.69) is 55.4 Å². The van der Waals surface area contributed by atoms with Gasteiger partial charge < -0.3 is 20.5 Å². The third-order valence-corrected chi connectivity index (χ3v) is 9.35. The number of benzene rings is 1. The summed E-state index contributed by atoms with van der Waals surface area (Å²) in [6.45, 7) is 8.12. The number of carbonyl (C=O) groups excluding carboxylic acids is 2. The van der Waals surface area contributed by atoms with Gasteiger partial charge in [-0.2, -0.15) is 0 Å². The maximum absolute atomic E-state index is 14.2. The second-order valence-electron chi connectivity index (χ2n) is 11.8. The van der Waals surface area contributed by atoms with E-state index < -0.39 is 17.6 Å². The molecule has 6 heteroatoms. The number of para-hydroxylation sites is 1. The van der Waals surface area contributed by atoms with Crippen molar-refractivity contribution < 1.29 is 19.8 Å². The summed E-state index contributed by atoms with van der Waals surface area (Å²) >= 11 is 0. The number of nitrogens with one attached hydrogen (secondary N) is 2. The highest BCUT2D eigenvalue weighted by Gasteiger charge is 2.65. The molecule has 1 saturated heterocycles. The summed E-state index contributed by atoms with van der Waals surface area (Å²) < 4.78 is 0. The minimum Gasteiger partial charge on any atom is -0.390 e. The molecule has 1 fully saturated rings. The minimum absolute atomic E-state index is 0.0341. The standard InChI is InChI=1S/C32H40N2O4/c1-18-8-7-9-23-15-19(2)21(4)29-26(16-22-17-33-25-11-6-5-10-24(22)25)34-31(38)32(23,29)28(36)13-12-27(35)30(37)20(3)14-18/h5-7,9-11,14-15,17-18,21,23,26-27,29-30,33,35,37H,8,12-13,16H2,1-4H3,(H,34,38)/b9-7+,20-14+/t18-,21+,23-,26-,27-,29-,30+,32+/m0/s1. The number of Topliss-reactive ketones (excluding diaryl/α,β-unsaturated/α-hetero) is 1. The molecule has 0 saturated carbocycles. The molecule has 0 radical (unpaired) electrons. The molecular weight excluding hydrogens is 476 g/mol. The molecule has 1 aliphatic heterocycles. The zero-order valence-corrected chi connectivity index (χ0v) is 22.8. The Hall–Kier alpha value is -2.96. The first-order chi connectivity index (χ1) is 18.1. The van der Waals surface area contributed by atoms with Crippen LogP contribution in [0.3, 0.4) is 0 Å². The third-order valence-electron chi connectivity index (χ3n) is 9.35. The van der Waals surface area contributed by atoms with Gasteiger partial charge in [0.15, 0.2) is 0 Å². The van der Waals surface area contributed by atoms with Crippen LogP contribution in [0, 0.1) is 29.1 Å². The van der Waals surface area contributed by atoms with E-state index in [1.807, 2.05) is 37.4 Å². The topological polar surface area (TPSA) is 102 Å². The second-order valence-corrected chi connectivity index (χ2v) is 11.8. The Kier molecular flexibility index (Phi) is 7.23. The van der Waals surface area contributed by atoms with Crippen LogP contribution in [-0.2, 0) is 16.0 Å². The molecule has 38 heavy (non-hydrogen) atoms. The maximum atomic E-state index is 14.2. The lowest BCUT2D eigenvalue weighted by atomic mass is 9.54. The number of aromatic amines is 1. The van der Waals surface area contributed by atoms with Crippen LogP contribution in [0.5, 0.6) is 0 Å². The molecule has 3 aliphatic rings. The predicted octanol–water partition coefficient (Wildman–Crippen LogP) is 4.64. The molecular formula is C32H40N2O4. The molecule has 1 amide bonds.